The van der Waals surface area contributed by atoms with E-state index in [1.807, 2.05) is 12.1 Å². The Kier molecular flexibility index (Phi) is 4.28. The van der Waals surface area contributed by atoms with E-state index in [2.05, 4.69) is 35.2 Å². The van der Waals surface area contributed by atoms with Gasteiger partial charge < -0.3 is 9.73 Å². The highest BCUT2D eigenvalue weighted by atomic mass is 16.3. The lowest BCUT2D eigenvalue weighted by Gasteiger charge is -2.17. The highest BCUT2D eigenvalue weighted by Crippen LogP contribution is 2.28. The van der Waals surface area contributed by atoms with Crippen molar-refractivity contribution < 1.29 is 4.42 Å². The first kappa shape index (κ1) is 14.2. The van der Waals surface area contributed by atoms with Crippen molar-refractivity contribution in [3.8, 4) is 12.3 Å². The van der Waals surface area contributed by atoms with Crippen LogP contribution >= 0.6 is 0 Å². The number of hydrogen-bond acceptors (Lipinski definition) is 3. The third-order valence-corrected chi connectivity index (χ3v) is 4.05. The van der Waals surface area contributed by atoms with Crippen molar-refractivity contribution in [2.45, 2.75) is 38.9 Å². The third-order valence-electron chi connectivity index (χ3n) is 4.05. The highest BCUT2D eigenvalue weighted by Gasteiger charge is 2.22. The molecular formula is C18H22N2O. The summed E-state index contributed by atoms with van der Waals surface area (Å²) >= 11 is 0. The predicted octanol–water partition coefficient (Wildman–Crippen LogP) is 3.14. The first-order chi connectivity index (χ1) is 10.3. The second-order valence-corrected chi connectivity index (χ2v) is 5.66. The van der Waals surface area contributed by atoms with Crippen molar-refractivity contribution in [3.63, 3.8) is 0 Å². The molecule has 0 amide bonds. The molecule has 0 saturated heterocycles. The topological polar surface area (TPSA) is 28.4 Å². The Bertz CT molecular complexity index is 649. The highest BCUT2D eigenvalue weighted by molar-refractivity contribution is 5.82. The van der Waals surface area contributed by atoms with E-state index in [0.717, 1.165) is 31.0 Å². The lowest BCUT2D eigenvalue weighted by molar-refractivity contribution is 0.313. The smallest absolute Gasteiger partial charge is 0.134 e. The summed E-state index contributed by atoms with van der Waals surface area (Å²) in [6.07, 6.45) is 8.03. The lowest BCUT2D eigenvalue weighted by Crippen LogP contribution is -2.24. The van der Waals surface area contributed by atoms with Gasteiger partial charge in [0.05, 0.1) is 13.1 Å². The average molecular weight is 282 g/mol. The van der Waals surface area contributed by atoms with Gasteiger partial charge in [0.15, 0.2) is 0 Å². The summed E-state index contributed by atoms with van der Waals surface area (Å²) in [4.78, 5) is 2.26. The van der Waals surface area contributed by atoms with Gasteiger partial charge in [0.25, 0.3) is 0 Å². The molecule has 1 fully saturated rings. The minimum absolute atomic E-state index is 0.672. The van der Waals surface area contributed by atoms with E-state index in [0.29, 0.717) is 12.6 Å². The van der Waals surface area contributed by atoms with Crippen molar-refractivity contribution in [3.05, 3.63) is 35.6 Å². The first-order valence-corrected chi connectivity index (χ1v) is 7.70. The number of nitrogens with one attached hydrogen (secondary N) is 1. The van der Waals surface area contributed by atoms with E-state index in [-0.39, 0.29) is 0 Å². The Morgan fingerprint density at radius 1 is 1.38 bits per heavy atom. The van der Waals surface area contributed by atoms with Crippen LogP contribution in [0.1, 0.15) is 31.1 Å². The van der Waals surface area contributed by atoms with E-state index in [1.165, 1.54) is 23.8 Å². The minimum atomic E-state index is 0.672. The second-order valence-electron chi connectivity index (χ2n) is 5.66. The van der Waals surface area contributed by atoms with Gasteiger partial charge in [-0.1, -0.05) is 31.0 Å². The molecule has 3 heteroatoms. The van der Waals surface area contributed by atoms with Gasteiger partial charge in [-0.25, -0.2) is 0 Å². The van der Waals surface area contributed by atoms with Gasteiger partial charge >= 0.3 is 0 Å². The number of furan rings is 1. The molecule has 0 atom stereocenters. The van der Waals surface area contributed by atoms with E-state index in [9.17, 15) is 0 Å². The molecule has 110 valence electrons. The number of para-hydroxylation sites is 1. The second kappa shape index (κ2) is 6.34. The van der Waals surface area contributed by atoms with Gasteiger partial charge in [0.1, 0.15) is 11.3 Å². The van der Waals surface area contributed by atoms with E-state index in [1.54, 1.807) is 0 Å². The standard InChI is InChI=1S/C18H22N2O/c1-3-11-20(4-2)13-16-15-7-5-6-8-17(15)21-18(16)12-19-14-9-10-14/h1,5-8,14,19H,4,9-13H2,2H3. The van der Waals surface area contributed by atoms with E-state index in [4.69, 9.17) is 10.8 Å². The van der Waals surface area contributed by atoms with E-state index >= 15 is 0 Å². The van der Waals surface area contributed by atoms with Gasteiger partial charge in [-0.05, 0) is 25.5 Å². The summed E-state index contributed by atoms with van der Waals surface area (Å²) in [7, 11) is 0. The molecule has 1 aliphatic carbocycles. The Balaban J connectivity index is 1.88. The normalized spacial score (nSPS) is 14.7. The van der Waals surface area contributed by atoms with E-state index < -0.39 is 0 Å². The summed E-state index contributed by atoms with van der Waals surface area (Å²) < 4.78 is 6.06. The number of benzene rings is 1. The zero-order valence-corrected chi connectivity index (χ0v) is 12.6. The van der Waals surface area contributed by atoms with Crippen molar-refractivity contribution >= 4 is 11.0 Å². The molecular weight excluding hydrogens is 260 g/mol. The Labute approximate surface area is 126 Å². The first-order valence-electron chi connectivity index (χ1n) is 7.70. The lowest BCUT2D eigenvalue weighted by atomic mass is 10.1. The molecule has 1 aromatic heterocycles. The molecule has 0 unspecified atom stereocenters. The van der Waals surface area contributed by atoms with Crippen molar-refractivity contribution in [2.75, 3.05) is 13.1 Å². The largest absolute Gasteiger partial charge is 0.459 e. The molecule has 1 aromatic carbocycles. The Hall–Kier alpha value is -1.76. The molecule has 1 heterocycles. The van der Waals surface area contributed by atoms with Gasteiger partial charge in [-0.3, -0.25) is 4.90 Å². The third kappa shape index (κ3) is 3.29. The molecule has 0 spiro atoms. The number of rotatable bonds is 7. The van der Waals surface area contributed by atoms with Crippen LogP contribution in [0.2, 0.25) is 0 Å². The summed E-state index contributed by atoms with van der Waals surface area (Å²) in [5.41, 5.74) is 2.24. The number of nitrogens with zero attached hydrogens (tertiary/aromatic N) is 1. The Morgan fingerprint density at radius 2 is 2.19 bits per heavy atom. The summed E-state index contributed by atoms with van der Waals surface area (Å²) in [5, 5.41) is 4.75. The van der Waals surface area contributed by atoms with Crippen LogP contribution < -0.4 is 5.32 Å². The van der Waals surface area contributed by atoms with Crippen LogP contribution in [-0.2, 0) is 13.1 Å². The van der Waals surface area contributed by atoms with Crippen LogP contribution in [0, 0.1) is 12.3 Å². The van der Waals surface area contributed by atoms with Crippen molar-refractivity contribution in [1.29, 1.82) is 0 Å². The van der Waals surface area contributed by atoms with Crippen LogP contribution in [0.5, 0.6) is 0 Å². The quantitative estimate of drug-likeness (QED) is 0.791. The van der Waals surface area contributed by atoms with Crippen LogP contribution in [0.4, 0.5) is 0 Å². The number of fused-ring (bicyclic) bond motifs is 1. The van der Waals surface area contributed by atoms with Gasteiger partial charge in [-0.2, -0.15) is 0 Å². The average Bonchev–Trinajstić information content (AvgIpc) is 3.27. The fourth-order valence-corrected chi connectivity index (χ4v) is 2.62. The summed E-state index contributed by atoms with van der Waals surface area (Å²) in [6.45, 7) is 5.41. The molecule has 3 nitrogen and oxygen atoms in total. The van der Waals surface area contributed by atoms with Gasteiger partial charge in [0, 0.05) is 23.5 Å². The fraction of sp³-hybridized carbons (Fsp3) is 0.444. The predicted molar refractivity (Wildman–Crippen MR) is 85.9 cm³/mol. The molecule has 21 heavy (non-hydrogen) atoms. The molecule has 1 aliphatic rings. The molecule has 0 bridgehead atoms. The number of hydrogen-bond donors (Lipinski definition) is 1. The van der Waals surface area contributed by atoms with Gasteiger partial charge in [0.2, 0.25) is 0 Å². The maximum Gasteiger partial charge on any atom is 0.134 e. The van der Waals surface area contributed by atoms with Crippen molar-refractivity contribution in [1.82, 2.24) is 10.2 Å². The maximum atomic E-state index is 6.06. The molecule has 1 saturated carbocycles. The van der Waals surface area contributed by atoms with Gasteiger partial charge in [-0.15, -0.1) is 6.42 Å². The zero-order chi connectivity index (χ0) is 14.7. The molecule has 1 N–H and O–H groups in total. The number of terminal acetylenes is 1. The summed E-state index contributed by atoms with van der Waals surface area (Å²) in [5.74, 6) is 3.79. The van der Waals surface area contributed by atoms with Crippen LogP contribution in [-0.4, -0.2) is 24.0 Å². The summed E-state index contributed by atoms with van der Waals surface area (Å²) in [6, 6.07) is 8.94. The molecule has 2 aromatic rings. The molecule has 0 radical (unpaired) electrons. The fourth-order valence-electron chi connectivity index (χ4n) is 2.62. The van der Waals surface area contributed by atoms with Crippen LogP contribution in [0.3, 0.4) is 0 Å². The SMILES string of the molecule is C#CCN(CC)Cc1c(CNC2CC2)oc2ccccc12. The van der Waals surface area contributed by atoms with Crippen LogP contribution in [0.25, 0.3) is 11.0 Å². The Morgan fingerprint density at radius 3 is 2.90 bits per heavy atom. The minimum Gasteiger partial charge on any atom is -0.459 e. The zero-order valence-electron chi connectivity index (χ0n) is 12.6. The van der Waals surface area contributed by atoms with Crippen LogP contribution in [0.15, 0.2) is 28.7 Å². The monoisotopic (exact) mass is 282 g/mol. The maximum absolute atomic E-state index is 6.06. The molecule has 3 rings (SSSR count). The van der Waals surface area contributed by atoms with Crippen molar-refractivity contribution in [2.24, 2.45) is 0 Å². The molecule has 0 aliphatic heterocycles.